The Morgan fingerprint density at radius 2 is 1.62 bits per heavy atom. The van der Waals surface area contributed by atoms with E-state index in [4.69, 9.17) is 4.74 Å². The maximum atomic E-state index is 5.20. The van der Waals surface area contributed by atoms with Gasteiger partial charge in [0.2, 0.25) is 0 Å². The largest absolute Gasteiger partial charge is 0.372 e. The van der Waals surface area contributed by atoms with Gasteiger partial charge in [0, 0.05) is 0 Å². The number of hydrogen-bond acceptors (Lipinski definition) is 1. The summed E-state index contributed by atoms with van der Waals surface area (Å²) in [4.78, 5) is 0. The fourth-order valence-electron chi connectivity index (χ4n) is 0.922. The van der Waals surface area contributed by atoms with E-state index in [1.165, 1.54) is 11.1 Å². The van der Waals surface area contributed by atoms with Crippen molar-refractivity contribution in [1.29, 1.82) is 0 Å². The average Bonchev–Trinajstić information content (AvgIpc) is 2.60. The molecule has 1 aliphatic rings. The predicted octanol–water partition coefficient (Wildman–Crippen LogP) is 3.96. The molecule has 0 N–H and O–H groups in total. The first-order valence-corrected chi connectivity index (χ1v) is 5.23. The molecule has 0 aliphatic carbocycles. The van der Waals surface area contributed by atoms with Crippen molar-refractivity contribution in [3.8, 4) is 0 Å². The Kier molecular flexibility index (Phi) is 13.1. The van der Waals surface area contributed by atoms with E-state index in [2.05, 4.69) is 13.0 Å². The molecule has 0 saturated heterocycles. The number of rotatable bonds is 1. The van der Waals surface area contributed by atoms with Crippen molar-refractivity contribution >= 4 is 0 Å². The topological polar surface area (TPSA) is 9.23 Å². The van der Waals surface area contributed by atoms with Crippen LogP contribution in [0.5, 0.6) is 0 Å². The van der Waals surface area contributed by atoms with Crippen molar-refractivity contribution < 1.29 is 4.74 Å². The lowest BCUT2D eigenvalue weighted by molar-refractivity contribution is 0.206. The third-order valence-corrected chi connectivity index (χ3v) is 1.49. The number of allylic oxidation sites excluding steroid dienone is 1. The Morgan fingerprint density at radius 1 is 1.08 bits per heavy atom. The Labute approximate surface area is 83.5 Å². The molecule has 1 aliphatic heterocycles. The van der Waals surface area contributed by atoms with Crippen LogP contribution in [0.2, 0.25) is 0 Å². The Morgan fingerprint density at radius 3 is 1.92 bits per heavy atom. The molecule has 0 radical (unpaired) electrons. The zero-order valence-electron chi connectivity index (χ0n) is 9.98. The number of hydrogen-bond donors (Lipinski definition) is 0. The van der Waals surface area contributed by atoms with Crippen LogP contribution in [0.25, 0.3) is 0 Å². The molecule has 1 nitrogen and oxygen atoms in total. The van der Waals surface area contributed by atoms with E-state index in [1.54, 1.807) is 0 Å². The Hall–Kier alpha value is -0.560. The summed E-state index contributed by atoms with van der Waals surface area (Å²) >= 11 is 0. The normalized spacial score (nSPS) is 14.9. The van der Waals surface area contributed by atoms with Gasteiger partial charge in [-0.3, -0.25) is 0 Å². The zero-order chi connectivity index (χ0) is 10.7. The van der Waals surface area contributed by atoms with Crippen LogP contribution in [-0.4, -0.2) is 13.2 Å². The zero-order valence-corrected chi connectivity index (χ0v) is 9.98. The van der Waals surface area contributed by atoms with Crippen LogP contribution in [0.15, 0.2) is 23.3 Å². The van der Waals surface area contributed by atoms with E-state index in [0.717, 1.165) is 13.2 Å². The van der Waals surface area contributed by atoms with Gasteiger partial charge >= 0.3 is 0 Å². The van der Waals surface area contributed by atoms with Gasteiger partial charge in [-0.05, 0) is 25.0 Å². The quantitative estimate of drug-likeness (QED) is 0.599. The van der Waals surface area contributed by atoms with Gasteiger partial charge in [0.15, 0.2) is 0 Å². The summed E-state index contributed by atoms with van der Waals surface area (Å²) in [5, 5.41) is 0. The summed E-state index contributed by atoms with van der Waals surface area (Å²) in [6.45, 7) is 13.8. The third kappa shape index (κ3) is 6.59. The van der Waals surface area contributed by atoms with E-state index in [-0.39, 0.29) is 0 Å². The van der Waals surface area contributed by atoms with Crippen LogP contribution in [0, 0.1) is 0 Å². The summed E-state index contributed by atoms with van der Waals surface area (Å²) in [5.74, 6) is 0. The van der Waals surface area contributed by atoms with Crippen LogP contribution in [0.4, 0.5) is 0 Å². The second-order valence-corrected chi connectivity index (χ2v) is 2.30. The smallest absolute Gasteiger partial charge is 0.0721 e. The van der Waals surface area contributed by atoms with E-state index in [9.17, 15) is 0 Å². The van der Waals surface area contributed by atoms with Crippen molar-refractivity contribution in [1.82, 2.24) is 0 Å². The van der Waals surface area contributed by atoms with Gasteiger partial charge in [0.1, 0.15) is 0 Å². The molecule has 78 valence electrons. The predicted molar refractivity (Wildman–Crippen MR) is 61.0 cm³/mol. The van der Waals surface area contributed by atoms with Crippen LogP contribution in [-0.2, 0) is 4.74 Å². The molecule has 0 saturated carbocycles. The van der Waals surface area contributed by atoms with Gasteiger partial charge < -0.3 is 4.74 Å². The van der Waals surface area contributed by atoms with E-state index < -0.39 is 0 Å². The molecule has 0 unspecified atom stereocenters. The van der Waals surface area contributed by atoms with Crippen LogP contribution >= 0.6 is 0 Å². The van der Waals surface area contributed by atoms with Crippen LogP contribution < -0.4 is 0 Å². The van der Waals surface area contributed by atoms with Crippen LogP contribution in [0.3, 0.4) is 0 Å². The monoisotopic (exact) mass is 184 g/mol. The lowest BCUT2D eigenvalue weighted by atomic mass is 10.2. The summed E-state index contributed by atoms with van der Waals surface area (Å²) in [7, 11) is 0. The summed E-state index contributed by atoms with van der Waals surface area (Å²) < 4.78 is 5.20. The minimum absolute atomic E-state index is 0.802. The van der Waals surface area contributed by atoms with Gasteiger partial charge in [-0.15, -0.1) is 0 Å². The summed E-state index contributed by atoms with van der Waals surface area (Å²) in [6, 6.07) is 0. The molecule has 0 fully saturated rings. The molecular weight excluding hydrogens is 160 g/mol. The Balaban J connectivity index is 0. The molecule has 0 atom stereocenters. The van der Waals surface area contributed by atoms with Gasteiger partial charge in [0.25, 0.3) is 0 Å². The Bertz CT molecular complexity index is 155. The highest BCUT2D eigenvalue weighted by Gasteiger charge is 2.06. The first-order valence-electron chi connectivity index (χ1n) is 5.23. The maximum absolute atomic E-state index is 5.20. The molecule has 0 aromatic rings. The third-order valence-electron chi connectivity index (χ3n) is 1.49. The maximum Gasteiger partial charge on any atom is 0.0721 e. The second kappa shape index (κ2) is 11.4. The van der Waals surface area contributed by atoms with Crippen LogP contribution in [0.1, 0.15) is 41.5 Å². The van der Waals surface area contributed by atoms with E-state index in [1.807, 2.05) is 40.7 Å². The van der Waals surface area contributed by atoms with Crippen molar-refractivity contribution in [3.05, 3.63) is 23.3 Å². The van der Waals surface area contributed by atoms with Gasteiger partial charge in [-0.25, -0.2) is 0 Å². The first kappa shape index (κ1) is 14.9. The van der Waals surface area contributed by atoms with Crippen molar-refractivity contribution in [2.24, 2.45) is 0 Å². The van der Waals surface area contributed by atoms with Gasteiger partial charge in [-0.1, -0.05) is 39.8 Å². The average molecular weight is 184 g/mol. The molecule has 0 bridgehead atoms. The van der Waals surface area contributed by atoms with E-state index >= 15 is 0 Å². The van der Waals surface area contributed by atoms with Gasteiger partial charge in [-0.2, -0.15) is 0 Å². The fourth-order valence-corrected chi connectivity index (χ4v) is 0.922. The summed E-state index contributed by atoms with van der Waals surface area (Å²) in [5.41, 5.74) is 2.71. The highest BCUT2D eigenvalue weighted by molar-refractivity contribution is 5.27. The highest BCUT2D eigenvalue weighted by Crippen LogP contribution is 2.13. The van der Waals surface area contributed by atoms with E-state index in [0.29, 0.717) is 0 Å². The SMILES string of the molecule is C/C=C\C1=C(C)COC1.CC.CC. The van der Waals surface area contributed by atoms with Crippen molar-refractivity contribution in [3.63, 3.8) is 0 Å². The standard InChI is InChI=1S/C8H12O.2C2H6/c1-3-4-8-6-9-5-7(8)2;2*1-2/h3-4H,5-6H2,1-2H3;2*1-2H3/b4-3-;;. The molecule has 1 rings (SSSR count). The van der Waals surface area contributed by atoms with Crippen molar-refractivity contribution in [2.45, 2.75) is 41.5 Å². The minimum Gasteiger partial charge on any atom is -0.372 e. The molecule has 0 amide bonds. The summed E-state index contributed by atoms with van der Waals surface area (Å²) in [6.07, 6.45) is 4.16. The minimum atomic E-state index is 0.802. The lowest BCUT2D eigenvalue weighted by Gasteiger charge is -1.88. The molecule has 1 heterocycles. The molecular formula is C12H24O. The number of ether oxygens (including phenoxy) is 1. The highest BCUT2D eigenvalue weighted by atomic mass is 16.5. The fraction of sp³-hybridized carbons (Fsp3) is 0.667. The van der Waals surface area contributed by atoms with Crippen molar-refractivity contribution in [2.75, 3.05) is 13.2 Å². The first-order chi connectivity index (χ1) is 6.34. The lowest BCUT2D eigenvalue weighted by Crippen LogP contribution is -1.82. The second-order valence-electron chi connectivity index (χ2n) is 2.30. The molecule has 0 aromatic carbocycles. The molecule has 0 aromatic heterocycles. The van der Waals surface area contributed by atoms with Gasteiger partial charge in [0.05, 0.1) is 13.2 Å². The molecule has 0 spiro atoms. The molecule has 1 heteroatoms. The molecule has 13 heavy (non-hydrogen) atoms.